The molecule has 0 aliphatic heterocycles. The maximum atomic E-state index is 5.85. The van der Waals surface area contributed by atoms with Gasteiger partial charge in [0, 0.05) is 18.0 Å². The van der Waals surface area contributed by atoms with Crippen LogP contribution in [0, 0.1) is 0 Å². The molecule has 2 rings (SSSR count). The summed E-state index contributed by atoms with van der Waals surface area (Å²) in [6, 6.07) is 0. The van der Waals surface area contributed by atoms with Gasteiger partial charge in [0.2, 0.25) is 0 Å². The first-order chi connectivity index (χ1) is 5.88. The molecule has 60 valence electrons. The van der Waals surface area contributed by atoms with Gasteiger partial charge in [0.1, 0.15) is 6.33 Å². The van der Waals surface area contributed by atoms with Crippen LogP contribution in [0.2, 0.25) is 5.02 Å². The van der Waals surface area contributed by atoms with E-state index in [4.69, 9.17) is 11.6 Å². The van der Waals surface area contributed by atoms with Crippen molar-refractivity contribution in [2.45, 2.75) is 0 Å². The Kier molecular flexibility index (Phi) is 1.75. The van der Waals surface area contributed by atoms with Crippen molar-refractivity contribution < 1.29 is 0 Å². The average molecular weight is 181 g/mol. The van der Waals surface area contributed by atoms with Crippen molar-refractivity contribution in [2.24, 2.45) is 0 Å². The molecule has 0 bridgehead atoms. The predicted octanol–water partition coefficient (Wildman–Crippen LogP) is 1.52. The van der Waals surface area contributed by atoms with Gasteiger partial charge in [-0.3, -0.25) is 5.10 Å². The smallest absolute Gasteiger partial charge is 0.116 e. The molecule has 0 radical (unpaired) electrons. The summed E-state index contributed by atoms with van der Waals surface area (Å²) in [4.78, 5) is 7.80. The lowest BCUT2D eigenvalue weighted by molar-refractivity contribution is 1.09. The second-order valence-electron chi connectivity index (χ2n) is 2.21. The summed E-state index contributed by atoms with van der Waals surface area (Å²) >= 11 is 5.85. The number of nitrogens with one attached hydrogen (secondary N) is 1. The van der Waals surface area contributed by atoms with E-state index >= 15 is 0 Å². The van der Waals surface area contributed by atoms with Crippen molar-refractivity contribution in [3.63, 3.8) is 0 Å². The van der Waals surface area contributed by atoms with Gasteiger partial charge in [-0.1, -0.05) is 11.6 Å². The van der Waals surface area contributed by atoms with Crippen LogP contribution in [0.25, 0.3) is 11.3 Å². The van der Waals surface area contributed by atoms with Crippen LogP contribution in [0.5, 0.6) is 0 Å². The molecule has 0 saturated heterocycles. The molecule has 5 heteroatoms. The minimum absolute atomic E-state index is 0.527. The van der Waals surface area contributed by atoms with Gasteiger partial charge in [0.05, 0.1) is 16.9 Å². The molecule has 4 nitrogen and oxygen atoms in total. The van der Waals surface area contributed by atoms with Crippen molar-refractivity contribution >= 4 is 11.6 Å². The maximum Gasteiger partial charge on any atom is 0.116 e. The van der Waals surface area contributed by atoms with Crippen molar-refractivity contribution in [1.29, 1.82) is 0 Å². The Morgan fingerprint density at radius 1 is 1.33 bits per heavy atom. The van der Waals surface area contributed by atoms with Gasteiger partial charge in [-0.15, -0.1) is 0 Å². The minimum atomic E-state index is 0.527. The highest BCUT2D eigenvalue weighted by atomic mass is 35.5. The monoisotopic (exact) mass is 180 g/mol. The standard InChI is InChI=1S/C7H5ClN4/c8-6-3-9-4-10-7(6)5-1-11-12-2-5/h1-4H,(H,11,12). The molecule has 0 fully saturated rings. The topological polar surface area (TPSA) is 54.5 Å². The van der Waals surface area contributed by atoms with E-state index in [1.54, 1.807) is 18.6 Å². The van der Waals surface area contributed by atoms with E-state index in [9.17, 15) is 0 Å². The number of aromatic nitrogens is 4. The normalized spacial score (nSPS) is 10.1. The lowest BCUT2D eigenvalue weighted by atomic mass is 10.2. The third kappa shape index (κ3) is 1.16. The molecule has 0 aliphatic rings. The molecule has 0 unspecified atom stereocenters. The van der Waals surface area contributed by atoms with Crippen LogP contribution in [0.1, 0.15) is 0 Å². The maximum absolute atomic E-state index is 5.85. The van der Waals surface area contributed by atoms with Crippen LogP contribution < -0.4 is 0 Å². The largest absolute Gasteiger partial charge is 0.285 e. The Hall–Kier alpha value is -1.42. The number of rotatable bonds is 1. The van der Waals surface area contributed by atoms with Gasteiger partial charge in [0.15, 0.2) is 0 Å². The van der Waals surface area contributed by atoms with E-state index in [2.05, 4.69) is 20.2 Å². The van der Waals surface area contributed by atoms with Gasteiger partial charge in [-0.05, 0) is 0 Å². The number of hydrogen-bond acceptors (Lipinski definition) is 3. The zero-order chi connectivity index (χ0) is 8.39. The Morgan fingerprint density at radius 3 is 2.92 bits per heavy atom. The molecular weight excluding hydrogens is 176 g/mol. The quantitative estimate of drug-likeness (QED) is 0.724. The molecule has 0 aromatic carbocycles. The minimum Gasteiger partial charge on any atom is -0.285 e. The number of halogens is 1. The summed E-state index contributed by atoms with van der Waals surface area (Å²) in [6.07, 6.45) is 6.40. The van der Waals surface area contributed by atoms with Gasteiger partial charge in [-0.25, -0.2) is 9.97 Å². The molecule has 2 aromatic heterocycles. The lowest BCUT2D eigenvalue weighted by Crippen LogP contribution is -1.83. The molecule has 0 saturated carbocycles. The summed E-state index contributed by atoms with van der Waals surface area (Å²) in [5.74, 6) is 0. The third-order valence-corrected chi connectivity index (χ3v) is 1.72. The summed E-state index contributed by atoms with van der Waals surface area (Å²) < 4.78 is 0. The van der Waals surface area contributed by atoms with Gasteiger partial charge >= 0.3 is 0 Å². The van der Waals surface area contributed by atoms with E-state index in [-0.39, 0.29) is 0 Å². The summed E-state index contributed by atoms with van der Waals surface area (Å²) in [5.41, 5.74) is 1.56. The molecule has 0 aliphatic carbocycles. The summed E-state index contributed by atoms with van der Waals surface area (Å²) in [6.45, 7) is 0. The molecule has 12 heavy (non-hydrogen) atoms. The zero-order valence-corrected chi connectivity index (χ0v) is 6.78. The highest BCUT2D eigenvalue weighted by Gasteiger charge is 2.04. The van der Waals surface area contributed by atoms with Crippen molar-refractivity contribution in [1.82, 2.24) is 20.2 Å². The number of H-pyrrole nitrogens is 1. The first-order valence-corrected chi connectivity index (χ1v) is 3.70. The Labute approximate surface area is 73.6 Å². The van der Waals surface area contributed by atoms with Crippen LogP contribution >= 0.6 is 11.6 Å². The van der Waals surface area contributed by atoms with Crippen molar-refractivity contribution in [3.05, 3.63) is 29.9 Å². The molecule has 2 heterocycles. The van der Waals surface area contributed by atoms with Crippen LogP contribution in [0.15, 0.2) is 24.9 Å². The fraction of sp³-hybridized carbons (Fsp3) is 0. The molecule has 0 amide bonds. The Morgan fingerprint density at radius 2 is 2.25 bits per heavy atom. The van der Waals surface area contributed by atoms with E-state index in [1.165, 1.54) is 6.33 Å². The average Bonchev–Trinajstić information content (AvgIpc) is 2.57. The molecule has 1 N–H and O–H groups in total. The first-order valence-electron chi connectivity index (χ1n) is 3.32. The zero-order valence-electron chi connectivity index (χ0n) is 6.03. The van der Waals surface area contributed by atoms with Crippen LogP contribution in [-0.4, -0.2) is 20.2 Å². The first kappa shape index (κ1) is 7.24. The molecular formula is C7H5ClN4. The number of nitrogens with zero attached hydrogens (tertiary/aromatic N) is 3. The van der Waals surface area contributed by atoms with Crippen molar-refractivity contribution in [3.8, 4) is 11.3 Å². The van der Waals surface area contributed by atoms with Gasteiger partial charge in [0.25, 0.3) is 0 Å². The molecule has 0 atom stereocenters. The fourth-order valence-electron chi connectivity index (χ4n) is 0.905. The molecule has 2 aromatic rings. The summed E-state index contributed by atoms with van der Waals surface area (Å²) in [5, 5.41) is 7.01. The summed E-state index contributed by atoms with van der Waals surface area (Å²) in [7, 11) is 0. The van der Waals surface area contributed by atoms with E-state index < -0.39 is 0 Å². The van der Waals surface area contributed by atoms with Crippen molar-refractivity contribution in [2.75, 3.05) is 0 Å². The predicted molar refractivity (Wildman–Crippen MR) is 44.6 cm³/mol. The molecule has 0 spiro atoms. The Balaban J connectivity index is 2.55. The van der Waals surface area contributed by atoms with E-state index in [0.717, 1.165) is 5.56 Å². The number of hydrogen-bond donors (Lipinski definition) is 1. The SMILES string of the molecule is Clc1cncnc1-c1cn[nH]c1. The lowest BCUT2D eigenvalue weighted by Gasteiger charge is -1.96. The highest BCUT2D eigenvalue weighted by Crippen LogP contribution is 2.22. The van der Waals surface area contributed by atoms with Gasteiger partial charge in [-0.2, -0.15) is 5.10 Å². The van der Waals surface area contributed by atoms with E-state index in [0.29, 0.717) is 10.7 Å². The van der Waals surface area contributed by atoms with E-state index in [1.807, 2.05) is 0 Å². The highest BCUT2D eigenvalue weighted by molar-refractivity contribution is 6.32. The second-order valence-corrected chi connectivity index (χ2v) is 2.61. The van der Waals surface area contributed by atoms with Gasteiger partial charge < -0.3 is 0 Å². The van der Waals surface area contributed by atoms with Crippen LogP contribution in [-0.2, 0) is 0 Å². The fourth-order valence-corrected chi connectivity index (χ4v) is 1.12. The second kappa shape index (κ2) is 2.91. The van der Waals surface area contributed by atoms with Crippen LogP contribution in [0.3, 0.4) is 0 Å². The number of aromatic amines is 1. The third-order valence-electron chi connectivity index (χ3n) is 1.44. The van der Waals surface area contributed by atoms with Crippen LogP contribution in [0.4, 0.5) is 0 Å². The Bertz CT molecular complexity index is 371.